The van der Waals surface area contributed by atoms with Crippen molar-refractivity contribution in [2.75, 3.05) is 41.5 Å². The highest BCUT2D eigenvalue weighted by molar-refractivity contribution is 8.77. The Kier molecular flexibility index (Phi) is 14.8. The molecule has 19 heteroatoms. The molecule has 68 heavy (non-hydrogen) atoms. The van der Waals surface area contributed by atoms with Crippen LogP contribution in [0.3, 0.4) is 0 Å². The molecule has 16 nitrogen and oxygen atoms in total. The van der Waals surface area contributed by atoms with E-state index in [1.54, 1.807) is 70.8 Å². The lowest BCUT2D eigenvalue weighted by atomic mass is 9.99. The molecule has 6 amide bonds. The molecular formula is C49H52N6O10S3. The SMILES string of the molecule is COc1cc2c(cc1OCCCC(=O)Nc1cc(C(=O)Nc3ccc4sc(C(=O)NCC(C)(C)SSCCCC(=O)ON5C(=O)CCC5=O)cc4c3)n(C)c1)CC[C@@H]1Cc3ccccc3N1C2=O. The number of rotatable bonds is 19. The summed E-state index contributed by atoms with van der Waals surface area (Å²) in [4.78, 5) is 96.1. The minimum Gasteiger partial charge on any atom is -0.493 e. The number of anilines is 3. The Labute approximate surface area is 405 Å². The standard InChI is InChI=1S/C49H52N6O10S3/c1-49(2,68-66-20-8-12-45(59)65-55-43(57)17-18-44(55)58)28-50-47(61)41-24-31-21-32(14-16-40(31)67-41)52-46(60)37-25-33(27-53(37)3)51-42(56)11-7-19-64-39-23-29-13-15-34-22-30-9-5-6-10-36(30)54(34)48(62)35(29)26-38(39)63-4/h5-6,9-10,14,16,21,23-27,34H,7-8,11-13,15,17-20,22,28H2,1-4H3,(H,50,61)(H,51,56)(H,52,60)/t34-/m1/s1. The molecule has 1 saturated heterocycles. The van der Waals surface area contributed by atoms with E-state index >= 15 is 0 Å². The molecule has 0 aliphatic carbocycles. The molecule has 1 atom stereocenters. The summed E-state index contributed by atoms with van der Waals surface area (Å²) in [6, 6.07) is 20.7. The Hall–Kier alpha value is -6.31. The smallest absolute Gasteiger partial charge is 0.333 e. The largest absolute Gasteiger partial charge is 0.493 e. The fraction of sp³-hybridized carbons (Fsp3) is 0.367. The van der Waals surface area contributed by atoms with Crippen LogP contribution in [0.4, 0.5) is 17.1 Å². The van der Waals surface area contributed by atoms with E-state index in [4.69, 9.17) is 14.3 Å². The minimum absolute atomic E-state index is 0.0355. The van der Waals surface area contributed by atoms with E-state index in [2.05, 4.69) is 22.0 Å². The summed E-state index contributed by atoms with van der Waals surface area (Å²) >= 11 is 1.35. The second kappa shape index (κ2) is 20.9. The van der Waals surface area contributed by atoms with Crippen LogP contribution in [0.5, 0.6) is 11.5 Å². The van der Waals surface area contributed by atoms with Gasteiger partial charge in [0.25, 0.3) is 29.5 Å². The van der Waals surface area contributed by atoms with Gasteiger partial charge in [0.05, 0.1) is 24.3 Å². The number of fused-ring (bicyclic) bond motifs is 5. The number of carbonyl (C=O) groups excluding carboxylic acids is 7. The maximum atomic E-state index is 13.8. The van der Waals surface area contributed by atoms with Crippen LogP contribution in [0.2, 0.25) is 0 Å². The number of hydrogen-bond donors (Lipinski definition) is 3. The fourth-order valence-corrected chi connectivity index (χ4v) is 11.8. The molecule has 5 aromatic rings. The van der Waals surface area contributed by atoms with Gasteiger partial charge in [0.1, 0.15) is 5.69 Å². The molecule has 356 valence electrons. The number of methoxy groups -OCH3 is 1. The predicted octanol–water partition coefficient (Wildman–Crippen LogP) is 8.09. The summed E-state index contributed by atoms with van der Waals surface area (Å²) in [6.07, 6.45) is 5.34. The molecule has 0 spiro atoms. The number of ether oxygens (including phenoxy) is 2. The highest BCUT2D eigenvalue weighted by atomic mass is 33.1. The Morgan fingerprint density at radius 3 is 2.44 bits per heavy atom. The first-order valence-electron chi connectivity index (χ1n) is 22.4. The van der Waals surface area contributed by atoms with Gasteiger partial charge >= 0.3 is 5.97 Å². The van der Waals surface area contributed by atoms with Gasteiger partial charge in [0, 0.05) is 83.7 Å². The molecule has 3 N–H and O–H groups in total. The van der Waals surface area contributed by atoms with E-state index in [1.165, 1.54) is 16.9 Å². The van der Waals surface area contributed by atoms with Gasteiger partial charge in [0.2, 0.25) is 5.91 Å². The Balaban J connectivity index is 0.765. The van der Waals surface area contributed by atoms with E-state index in [0.717, 1.165) is 40.6 Å². The molecule has 3 aromatic carbocycles. The Bertz CT molecular complexity index is 2790. The number of hydroxylamine groups is 2. The minimum atomic E-state index is -0.624. The molecule has 0 saturated carbocycles. The number of amides is 6. The van der Waals surface area contributed by atoms with Crippen molar-refractivity contribution in [1.29, 1.82) is 0 Å². The number of nitrogens with one attached hydrogen (secondary N) is 3. The second-order valence-electron chi connectivity index (χ2n) is 17.4. The number of hydrogen-bond acceptors (Lipinski definition) is 13. The van der Waals surface area contributed by atoms with E-state index < -0.39 is 17.8 Å². The average molecular weight is 981 g/mol. The first-order valence-corrected chi connectivity index (χ1v) is 25.5. The topological polar surface area (TPSA) is 195 Å². The van der Waals surface area contributed by atoms with Gasteiger partial charge in [0.15, 0.2) is 11.5 Å². The number of imide groups is 1. The van der Waals surface area contributed by atoms with E-state index in [-0.39, 0.29) is 66.7 Å². The van der Waals surface area contributed by atoms with Crippen LogP contribution in [0, 0.1) is 0 Å². The zero-order valence-electron chi connectivity index (χ0n) is 38.1. The molecule has 3 aliphatic rings. The number of thiophene rings is 1. The van der Waals surface area contributed by atoms with Crippen molar-refractivity contribution in [3.05, 3.63) is 100 Å². The second-order valence-corrected chi connectivity index (χ2v) is 21.6. The van der Waals surface area contributed by atoms with Crippen molar-refractivity contribution in [3.63, 3.8) is 0 Å². The van der Waals surface area contributed by atoms with Crippen molar-refractivity contribution < 1.29 is 47.9 Å². The molecule has 0 unspecified atom stereocenters. The maximum absolute atomic E-state index is 13.8. The van der Waals surface area contributed by atoms with E-state index in [1.807, 2.05) is 55.1 Å². The average Bonchev–Trinajstić information content (AvgIpc) is 4.07. The molecular weight excluding hydrogens is 929 g/mol. The fourth-order valence-electron chi connectivity index (χ4n) is 8.32. The van der Waals surface area contributed by atoms with Gasteiger partial charge < -0.3 is 39.7 Å². The van der Waals surface area contributed by atoms with Crippen LogP contribution in [-0.4, -0.2) is 87.8 Å². The normalized spacial score (nSPS) is 15.4. The van der Waals surface area contributed by atoms with Gasteiger partial charge in [-0.05, 0) is 111 Å². The number of para-hydroxylation sites is 1. The zero-order chi connectivity index (χ0) is 48.1. The van der Waals surface area contributed by atoms with Gasteiger partial charge in [-0.25, -0.2) is 4.79 Å². The summed E-state index contributed by atoms with van der Waals surface area (Å²) in [5.74, 6) is -0.874. The predicted molar refractivity (Wildman–Crippen MR) is 263 cm³/mol. The lowest BCUT2D eigenvalue weighted by Crippen LogP contribution is -2.36. The van der Waals surface area contributed by atoms with Crippen molar-refractivity contribution >= 4 is 101 Å². The van der Waals surface area contributed by atoms with Crippen molar-refractivity contribution in [3.8, 4) is 11.5 Å². The number of benzene rings is 3. The zero-order valence-corrected chi connectivity index (χ0v) is 40.6. The number of carbonyl (C=O) groups is 7. The summed E-state index contributed by atoms with van der Waals surface area (Å²) in [7, 11) is 6.40. The molecule has 0 bridgehead atoms. The van der Waals surface area contributed by atoms with Crippen LogP contribution in [0.1, 0.15) is 100 Å². The van der Waals surface area contributed by atoms with Crippen LogP contribution >= 0.6 is 32.9 Å². The van der Waals surface area contributed by atoms with Crippen LogP contribution in [0.15, 0.2) is 72.9 Å². The van der Waals surface area contributed by atoms with Crippen molar-refractivity contribution in [2.24, 2.45) is 7.05 Å². The molecule has 0 radical (unpaired) electrons. The quantitative estimate of drug-likeness (QED) is 0.0410. The summed E-state index contributed by atoms with van der Waals surface area (Å²) in [5.41, 5.74) is 5.04. The highest BCUT2D eigenvalue weighted by Gasteiger charge is 2.38. The summed E-state index contributed by atoms with van der Waals surface area (Å²) in [5, 5.41) is 10.2. The van der Waals surface area contributed by atoms with Gasteiger partial charge in [-0.15, -0.1) is 16.4 Å². The maximum Gasteiger partial charge on any atom is 0.333 e. The molecule has 3 aliphatic heterocycles. The third-order valence-corrected chi connectivity index (χ3v) is 16.2. The molecule has 8 rings (SSSR count). The van der Waals surface area contributed by atoms with Crippen LogP contribution in [0.25, 0.3) is 10.1 Å². The van der Waals surface area contributed by atoms with E-state index in [9.17, 15) is 33.6 Å². The van der Waals surface area contributed by atoms with E-state index in [0.29, 0.717) is 69.2 Å². The molecule has 5 heterocycles. The van der Waals surface area contributed by atoms with Gasteiger partial charge in [-0.1, -0.05) is 39.8 Å². The van der Waals surface area contributed by atoms with Gasteiger partial charge in [-0.3, -0.25) is 28.8 Å². The van der Waals surface area contributed by atoms with Crippen LogP contribution < -0.4 is 30.3 Å². The first-order chi connectivity index (χ1) is 32.7. The number of aromatic nitrogens is 1. The Morgan fingerprint density at radius 2 is 1.65 bits per heavy atom. The van der Waals surface area contributed by atoms with Crippen LogP contribution in [-0.2, 0) is 43.9 Å². The monoisotopic (exact) mass is 980 g/mol. The lowest BCUT2D eigenvalue weighted by Gasteiger charge is -2.23. The number of aryl methyl sites for hydroxylation is 2. The summed E-state index contributed by atoms with van der Waals surface area (Å²) < 4.78 is 13.9. The highest BCUT2D eigenvalue weighted by Crippen LogP contribution is 2.41. The third kappa shape index (κ3) is 11.2. The Morgan fingerprint density at radius 1 is 0.853 bits per heavy atom. The van der Waals surface area contributed by atoms with Gasteiger partial charge in [-0.2, -0.15) is 0 Å². The number of nitrogens with zero attached hydrogens (tertiary/aromatic N) is 3. The molecule has 2 aromatic heterocycles. The summed E-state index contributed by atoms with van der Waals surface area (Å²) in [6.45, 7) is 4.65. The lowest BCUT2D eigenvalue weighted by molar-refractivity contribution is -0.197. The third-order valence-electron chi connectivity index (χ3n) is 11.7. The van der Waals surface area contributed by atoms with Crippen molar-refractivity contribution in [2.45, 2.75) is 82.4 Å². The molecule has 1 fully saturated rings. The first kappa shape index (κ1) is 48.2. The van der Waals surface area contributed by atoms with Crippen molar-refractivity contribution in [1.82, 2.24) is 14.9 Å².